The van der Waals surface area contributed by atoms with Crippen LogP contribution in [0.1, 0.15) is 30.5 Å². The summed E-state index contributed by atoms with van der Waals surface area (Å²) in [5.74, 6) is 0. The summed E-state index contributed by atoms with van der Waals surface area (Å²) in [4.78, 5) is 0. The Labute approximate surface area is 116 Å². The number of rotatable bonds is 0. The van der Waals surface area contributed by atoms with Gasteiger partial charge in [0, 0.05) is 8.99 Å². The minimum Gasteiger partial charge on any atom is -0.0619 e. The standard InChI is InChI=1S/C16H15I/c1-10-8-9-13(17)14-11-6-4-5-7-12(11)16(2,3)15(10)14/h4-9H,1-3H3. The van der Waals surface area contributed by atoms with Crippen LogP contribution in [-0.2, 0) is 5.41 Å². The third kappa shape index (κ3) is 1.41. The molecule has 0 aliphatic heterocycles. The van der Waals surface area contributed by atoms with E-state index in [1.807, 2.05) is 0 Å². The zero-order valence-electron chi connectivity index (χ0n) is 10.3. The third-order valence-electron chi connectivity index (χ3n) is 3.86. The highest BCUT2D eigenvalue weighted by Crippen LogP contribution is 2.51. The molecule has 2 aromatic rings. The average Bonchev–Trinajstić information content (AvgIpc) is 2.55. The van der Waals surface area contributed by atoms with Gasteiger partial charge in [0.05, 0.1) is 0 Å². The lowest BCUT2D eigenvalue weighted by molar-refractivity contribution is 0.655. The normalized spacial score (nSPS) is 15.5. The van der Waals surface area contributed by atoms with E-state index in [9.17, 15) is 0 Å². The van der Waals surface area contributed by atoms with Crippen LogP contribution in [0.25, 0.3) is 11.1 Å². The van der Waals surface area contributed by atoms with Crippen molar-refractivity contribution in [2.75, 3.05) is 0 Å². The number of hydrogen-bond acceptors (Lipinski definition) is 0. The first kappa shape index (κ1) is 11.3. The van der Waals surface area contributed by atoms with Gasteiger partial charge in [-0.2, -0.15) is 0 Å². The molecule has 1 aliphatic rings. The molecule has 0 bridgehead atoms. The zero-order chi connectivity index (χ0) is 12.2. The van der Waals surface area contributed by atoms with E-state index < -0.39 is 0 Å². The van der Waals surface area contributed by atoms with E-state index in [1.165, 1.54) is 31.4 Å². The van der Waals surface area contributed by atoms with Crippen LogP contribution in [0.2, 0.25) is 0 Å². The first-order valence-corrected chi connectivity index (χ1v) is 7.01. The van der Waals surface area contributed by atoms with Gasteiger partial charge in [-0.3, -0.25) is 0 Å². The van der Waals surface area contributed by atoms with Crippen molar-refractivity contribution in [2.45, 2.75) is 26.2 Å². The van der Waals surface area contributed by atoms with Crippen molar-refractivity contribution >= 4 is 22.6 Å². The number of hydrogen-bond donors (Lipinski definition) is 0. The molecule has 1 aliphatic carbocycles. The lowest BCUT2D eigenvalue weighted by Gasteiger charge is -2.23. The number of fused-ring (bicyclic) bond motifs is 3. The highest BCUT2D eigenvalue weighted by molar-refractivity contribution is 14.1. The van der Waals surface area contributed by atoms with Gasteiger partial charge in [-0.1, -0.05) is 44.2 Å². The largest absolute Gasteiger partial charge is 0.0619 e. The van der Waals surface area contributed by atoms with Crippen molar-refractivity contribution in [2.24, 2.45) is 0 Å². The van der Waals surface area contributed by atoms with Crippen LogP contribution < -0.4 is 0 Å². The predicted octanol–water partition coefficient (Wildman–Crippen LogP) is 4.91. The highest BCUT2D eigenvalue weighted by atomic mass is 127. The van der Waals surface area contributed by atoms with Gasteiger partial charge < -0.3 is 0 Å². The fourth-order valence-corrected chi connectivity index (χ4v) is 3.87. The van der Waals surface area contributed by atoms with Crippen LogP contribution in [0, 0.1) is 10.5 Å². The van der Waals surface area contributed by atoms with Crippen LogP contribution in [0.15, 0.2) is 36.4 Å². The van der Waals surface area contributed by atoms with Crippen molar-refractivity contribution in [3.05, 3.63) is 56.7 Å². The maximum atomic E-state index is 2.46. The van der Waals surface area contributed by atoms with Gasteiger partial charge in [-0.25, -0.2) is 0 Å². The highest BCUT2D eigenvalue weighted by Gasteiger charge is 2.37. The van der Waals surface area contributed by atoms with E-state index in [2.05, 4.69) is 79.8 Å². The molecule has 0 N–H and O–H groups in total. The van der Waals surface area contributed by atoms with Crippen LogP contribution in [0.4, 0.5) is 0 Å². The van der Waals surface area contributed by atoms with Crippen LogP contribution in [0.3, 0.4) is 0 Å². The Morgan fingerprint density at radius 3 is 2.47 bits per heavy atom. The predicted molar refractivity (Wildman–Crippen MR) is 81.5 cm³/mol. The second-order valence-corrected chi connectivity index (χ2v) is 6.45. The van der Waals surface area contributed by atoms with Gasteiger partial charge in [0.15, 0.2) is 0 Å². The first-order valence-electron chi connectivity index (χ1n) is 5.93. The Hall–Kier alpha value is -0.830. The number of aryl methyl sites for hydroxylation is 1. The summed E-state index contributed by atoms with van der Waals surface area (Å²) in [5.41, 5.74) is 7.37. The summed E-state index contributed by atoms with van der Waals surface area (Å²) in [6.07, 6.45) is 0. The third-order valence-corrected chi connectivity index (χ3v) is 4.76. The van der Waals surface area contributed by atoms with Crippen molar-refractivity contribution < 1.29 is 0 Å². The molecule has 3 rings (SSSR count). The summed E-state index contributed by atoms with van der Waals surface area (Å²) in [7, 11) is 0. The summed E-state index contributed by atoms with van der Waals surface area (Å²) in [5, 5.41) is 0. The second kappa shape index (κ2) is 3.58. The zero-order valence-corrected chi connectivity index (χ0v) is 12.5. The molecule has 0 saturated carbocycles. The Balaban J connectivity index is 2.48. The Bertz CT molecular complexity index is 609. The van der Waals surface area contributed by atoms with Gasteiger partial charge >= 0.3 is 0 Å². The molecule has 0 radical (unpaired) electrons. The maximum Gasteiger partial charge on any atom is 0.0212 e. The van der Waals surface area contributed by atoms with Crippen LogP contribution >= 0.6 is 22.6 Å². The van der Waals surface area contributed by atoms with Gasteiger partial charge in [0.25, 0.3) is 0 Å². The summed E-state index contributed by atoms with van der Waals surface area (Å²) in [6, 6.07) is 13.3. The molecular weight excluding hydrogens is 319 g/mol. The minimum absolute atomic E-state index is 0.136. The lowest BCUT2D eigenvalue weighted by atomic mass is 9.80. The summed E-state index contributed by atoms with van der Waals surface area (Å²) >= 11 is 2.46. The average molecular weight is 334 g/mol. The quantitative estimate of drug-likeness (QED) is 0.601. The van der Waals surface area contributed by atoms with Gasteiger partial charge in [0.1, 0.15) is 0 Å². The summed E-state index contributed by atoms with van der Waals surface area (Å²) < 4.78 is 1.36. The van der Waals surface area contributed by atoms with E-state index in [4.69, 9.17) is 0 Å². The molecule has 0 saturated heterocycles. The SMILES string of the molecule is Cc1ccc(I)c2c1C(C)(C)c1ccccc1-2. The van der Waals surface area contributed by atoms with Crippen LogP contribution in [0.5, 0.6) is 0 Å². The molecule has 0 fully saturated rings. The van der Waals surface area contributed by atoms with Crippen molar-refractivity contribution in [3.8, 4) is 11.1 Å². The molecule has 0 heterocycles. The monoisotopic (exact) mass is 334 g/mol. The van der Waals surface area contributed by atoms with Gasteiger partial charge in [-0.15, -0.1) is 0 Å². The molecule has 1 heteroatoms. The Morgan fingerprint density at radius 2 is 1.71 bits per heavy atom. The van der Waals surface area contributed by atoms with E-state index in [0.29, 0.717) is 0 Å². The molecule has 0 nitrogen and oxygen atoms in total. The van der Waals surface area contributed by atoms with Gasteiger partial charge in [-0.05, 0) is 63.4 Å². The first-order chi connectivity index (χ1) is 8.03. The second-order valence-electron chi connectivity index (χ2n) is 5.28. The number of benzene rings is 2. The molecule has 0 spiro atoms. The fourth-order valence-electron chi connectivity index (χ4n) is 3.13. The topological polar surface area (TPSA) is 0 Å². The number of halogens is 1. The molecule has 17 heavy (non-hydrogen) atoms. The molecule has 2 aromatic carbocycles. The maximum absolute atomic E-state index is 2.46. The Morgan fingerprint density at radius 1 is 1.00 bits per heavy atom. The van der Waals surface area contributed by atoms with E-state index in [0.717, 1.165) is 0 Å². The van der Waals surface area contributed by atoms with Gasteiger partial charge in [0.2, 0.25) is 0 Å². The minimum atomic E-state index is 0.136. The molecule has 0 amide bonds. The molecule has 0 aromatic heterocycles. The molecule has 0 atom stereocenters. The van der Waals surface area contributed by atoms with E-state index in [1.54, 1.807) is 0 Å². The van der Waals surface area contributed by atoms with E-state index in [-0.39, 0.29) is 5.41 Å². The molecular formula is C16H15I. The lowest BCUT2D eigenvalue weighted by Crippen LogP contribution is -2.16. The van der Waals surface area contributed by atoms with Crippen molar-refractivity contribution in [3.63, 3.8) is 0 Å². The van der Waals surface area contributed by atoms with Crippen molar-refractivity contribution in [1.82, 2.24) is 0 Å². The van der Waals surface area contributed by atoms with Crippen LogP contribution in [-0.4, -0.2) is 0 Å². The smallest absolute Gasteiger partial charge is 0.0212 e. The molecule has 0 unspecified atom stereocenters. The summed E-state index contributed by atoms with van der Waals surface area (Å²) in [6.45, 7) is 6.89. The molecule has 86 valence electrons. The fraction of sp³-hybridized carbons (Fsp3) is 0.250. The Kier molecular flexibility index (Phi) is 2.37. The van der Waals surface area contributed by atoms with Crippen molar-refractivity contribution in [1.29, 1.82) is 0 Å². The van der Waals surface area contributed by atoms with E-state index >= 15 is 0 Å².